The highest BCUT2D eigenvalue weighted by Gasteiger charge is 2.77. The summed E-state index contributed by atoms with van der Waals surface area (Å²) in [4.78, 5) is 0. The topological polar surface area (TPSA) is 26.0 Å². The Bertz CT molecular complexity index is 423. The van der Waals surface area contributed by atoms with E-state index in [1.807, 2.05) is 30.3 Å². The molecule has 1 nitrogen and oxygen atoms in total. The SMILES string of the molecule is NC1(C2(c3ccccc3)CCCC2)CC1(F)F. The first kappa shape index (κ1) is 11.1. The van der Waals surface area contributed by atoms with Crippen molar-refractivity contribution in [3.8, 4) is 0 Å². The minimum absolute atomic E-state index is 0.158. The summed E-state index contributed by atoms with van der Waals surface area (Å²) in [6, 6.07) is 9.65. The summed E-state index contributed by atoms with van der Waals surface area (Å²) in [7, 11) is 0. The molecule has 0 aromatic heterocycles. The predicted octanol–water partition coefficient (Wildman–Crippen LogP) is 3.23. The first-order valence-electron chi connectivity index (χ1n) is 6.24. The lowest BCUT2D eigenvalue weighted by molar-refractivity contribution is 0.0636. The van der Waals surface area contributed by atoms with Gasteiger partial charge in [-0.25, -0.2) is 8.78 Å². The van der Waals surface area contributed by atoms with Crippen LogP contribution < -0.4 is 5.73 Å². The van der Waals surface area contributed by atoms with Crippen LogP contribution in [0.4, 0.5) is 8.78 Å². The van der Waals surface area contributed by atoms with Crippen molar-refractivity contribution in [1.82, 2.24) is 0 Å². The van der Waals surface area contributed by atoms with E-state index in [2.05, 4.69) is 0 Å². The molecular weight excluding hydrogens is 220 g/mol. The molecular formula is C14H17F2N. The van der Waals surface area contributed by atoms with Crippen LogP contribution in [0.25, 0.3) is 0 Å². The van der Waals surface area contributed by atoms with Gasteiger partial charge in [0.2, 0.25) is 0 Å². The Balaban J connectivity index is 2.07. The highest BCUT2D eigenvalue weighted by atomic mass is 19.3. The second kappa shape index (κ2) is 3.29. The Morgan fingerprint density at radius 2 is 1.53 bits per heavy atom. The molecule has 0 saturated heterocycles. The average Bonchev–Trinajstić information content (AvgIpc) is 2.73. The van der Waals surface area contributed by atoms with E-state index in [4.69, 9.17) is 5.73 Å². The average molecular weight is 237 g/mol. The van der Waals surface area contributed by atoms with Gasteiger partial charge in [-0.05, 0) is 18.4 Å². The van der Waals surface area contributed by atoms with Gasteiger partial charge in [0.1, 0.15) is 0 Å². The zero-order chi connectivity index (χ0) is 12.1. The molecule has 2 N–H and O–H groups in total. The van der Waals surface area contributed by atoms with Gasteiger partial charge in [-0.15, -0.1) is 0 Å². The molecule has 2 fully saturated rings. The highest BCUT2D eigenvalue weighted by Crippen LogP contribution is 2.65. The number of alkyl halides is 2. The van der Waals surface area contributed by atoms with Gasteiger partial charge in [0.05, 0.1) is 5.54 Å². The quantitative estimate of drug-likeness (QED) is 0.839. The van der Waals surface area contributed by atoms with Crippen molar-refractivity contribution in [3.63, 3.8) is 0 Å². The Hall–Kier alpha value is -0.960. The van der Waals surface area contributed by atoms with Gasteiger partial charge in [0, 0.05) is 11.8 Å². The van der Waals surface area contributed by atoms with Gasteiger partial charge in [0.15, 0.2) is 0 Å². The van der Waals surface area contributed by atoms with E-state index in [1.165, 1.54) is 0 Å². The smallest absolute Gasteiger partial charge is 0.268 e. The van der Waals surface area contributed by atoms with Crippen molar-refractivity contribution in [1.29, 1.82) is 0 Å². The molecule has 3 rings (SSSR count). The molecule has 1 aromatic rings. The molecule has 2 aliphatic rings. The third-order valence-corrected chi connectivity index (χ3v) is 4.67. The van der Waals surface area contributed by atoms with Gasteiger partial charge in [0.25, 0.3) is 5.92 Å². The van der Waals surface area contributed by atoms with E-state index in [9.17, 15) is 8.78 Å². The van der Waals surface area contributed by atoms with E-state index in [0.29, 0.717) is 0 Å². The van der Waals surface area contributed by atoms with Crippen LogP contribution in [0.15, 0.2) is 30.3 Å². The lowest BCUT2D eigenvalue weighted by Crippen LogP contribution is -2.50. The van der Waals surface area contributed by atoms with Crippen LogP contribution >= 0.6 is 0 Å². The van der Waals surface area contributed by atoms with E-state index in [1.54, 1.807) is 0 Å². The fourth-order valence-electron chi connectivity index (χ4n) is 3.55. The lowest BCUT2D eigenvalue weighted by Gasteiger charge is -2.36. The summed E-state index contributed by atoms with van der Waals surface area (Å²) in [5, 5.41) is 0. The zero-order valence-electron chi connectivity index (χ0n) is 9.76. The molecule has 2 saturated carbocycles. The monoisotopic (exact) mass is 237 g/mol. The third-order valence-electron chi connectivity index (χ3n) is 4.67. The molecule has 2 aliphatic carbocycles. The van der Waals surface area contributed by atoms with Gasteiger partial charge < -0.3 is 5.73 Å². The number of nitrogens with two attached hydrogens (primary N) is 1. The molecule has 1 atom stereocenters. The molecule has 0 heterocycles. The molecule has 3 heteroatoms. The van der Waals surface area contributed by atoms with Gasteiger partial charge in [-0.2, -0.15) is 0 Å². The maximum atomic E-state index is 13.6. The molecule has 0 amide bonds. The maximum Gasteiger partial charge on any atom is 0.268 e. The number of benzene rings is 1. The Morgan fingerprint density at radius 1 is 1.00 bits per heavy atom. The number of rotatable bonds is 2. The van der Waals surface area contributed by atoms with Crippen LogP contribution in [-0.4, -0.2) is 11.5 Å². The summed E-state index contributed by atoms with van der Waals surface area (Å²) in [6.45, 7) is 0. The Morgan fingerprint density at radius 3 is 2.00 bits per heavy atom. The first-order valence-corrected chi connectivity index (χ1v) is 6.24. The summed E-state index contributed by atoms with van der Waals surface area (Å²) in [5.41, 5.74) is 5.23. The molecule has 0 aliphatic heterocycles. The van der Waals surface area contributed by atoms with E-state index in [0.717, 1.165) is 31.2 Å². The van der Waals surface area contributed by atoms with Crippen LogP contribution in [-0.2, 0) is 5.41 Å². The van der Waals surface area contributed by atoms with Crippen LogP contribution in [0.3, 0.4) is 0 Å². The lowest BCUT2D eigenvalue weighted by atomic mass is 9.70. The largest absolute Gasteiger partial charge is 0.319 e. The molecule has 1 aromatic carbocycles. The second-order valence-corrected chi connectivity index (χ2v) is 5.51. The van der Waals surface area contributed by atoms with Crippen LogP contribution in [0.1, 0.15) is 37.7 Å². The molecule has 0 spiro atoms. The van der Waals surface area contributed by atoms with Gasteiger partial charge in [-0.3, -0.25) is 0 Å². The standard InChI is InChI=1S/C14H17F2N/c15-14(16)10-13(14,17)12(8-4-5-9-12)11-6-2-1-3-7-11/h1-3,6-7H,4-5,8-10,17H2. The zero-order valence-corrected chi connectivity index (χ0v) is 9.76. The van der Waals surface area contributed by atoms with Crippen LogP contribution in [0.2, 0.25) is 0 Å². The minimum Gasteiger partial charge on any atom is -0.319 e. The van der Waals surface area contributed by atoms with Crippen molar-refractivity contribution in [2.45, 2.75) is 49.0 Å². The Kier molecular flexibility index (Phi) is 2.15. The summed E-state index contributed by atoms with van der Waals surface area (Å²) in [6.07, 6.45) is 3.44. The normalized spacial score (nSPS) is 33.6. The number of halogens is 2. The van der Waals surface area contributed by atoms with E-state index in [-0.39, 0.29) is 6.42 Å². The fourth-order valence-corrected chi connectivity index (χ4v) is 3.55. The molecule has 0 bridgehead atoms. The van der Waals surface area contributed by atoms with Crippen LogP contribution in [0, 0.1) is 0 Å². The fraction of sp³-hybridized carbons (Fsp3) is 0.571. The predicted molar refractivity (Wildman–Crippen MR) is 63.1 cm³/mol. The van der Waals surface area contributed by atoms with Crippen molar-refractivity contribution in [2.75, 3.05) is 0 Å². The molecule has 0 radical (unpaired) electrons. The molecule has 17 heavy (non-hydrogen) atoms. The summed E-state index contributed by atoms with van der Waals surface area (Å²) in [5.74, 6) is -2.69. The first-order chi connectivity index (χ1) is 8.02. The highest BCUT2D eigenvalue weighted by molar-refractivity contribution is 5.40. The third kappa shape index (κ3) is 1.32. The minimum atomic E-state index is -2.69. The van der Waals surface area contributed by atoms with Crippen molar-refractivity contribution >= 4 is 0 Å². The van der Waals surface area contributed by atoms with Crippen LogP contribution in [0.5, 0.6) is 0 Å². The van der Waals surface area contributed by atoms with Crippen molar-refractivity contribution in [2.24, 2.45) is 5.73 Å². The number of hydrogen-bond acceptors (Lipinski definition) is 1. The summed E-state index contributed by atoms with van der Waals surface area (Å²) >= 11 is 0. The second-order valence-electron chi connectivity index (χ2n) is 5.51. The molecule has 1 unspecified atom stereocenters. The Labute approximate surface area is 100 Å². The number of hydrogen-bond donors (Lipinski definition) is 1. The van der Waals surface area contributed by atoms with Crippen molar-refractivity contribution in [3.05, 3.63) is 35.9 Å². The maximum absolute atomic E-state index is 13.6. The van der Waals surface area contributed by atoms with Crippen molar-refractivity contribution < 1.29 is 8.78 Å². The van der Waals surface area contributed by atoms with Gasteiger partial charge in [-0.1, -0.05) is 43.2 Å². The molecule has 92 valence electrons. The van der Waals surface area contributed by atoms with E-state index >= 15 is 0 Å². The summed E-state index contributed by atoms with van der Waals surface area (Å²) < 4.78 is 27.3. The van der Waals surface area contributed by atoms with E-state index < -0.39 is 16.9 Å². The van der Waals surface area contributed by atoms with Gasteiger partial charge >= 0.3 is 0 Å².